The number of carbonyl (C=O) groups excluding carboxylic acids is 1. The average Bonchev–Trinajstić information content (AvgIpc) is 2.54. The third-order valence-corrected chi connectivity index (χ3v) is 3.67. The predicted molar refractivity (Wildman–Crippen MR) is 73.2 cm³/mol. The van der Waals surface area contributed by atoms with Crippen LogP contribution in [0.5, 0.6) is 0 Å². The normalized spacial score (nSPS) is 13.0. The van der Waals surface area contributed by atoms with Crippen LogP contribution in [0.25, 0.3) is 11.1 Å². The van der Waals surface area contributed by atoms with Crippen LogP contribution >= 0.6 is 0 Å². The topological polar surface area (TPSA) is 37.3 Å². The number of carbonyl (C=O) groups is 1. The Balaban J connectivity index is 2.55. The van der Waals surface area contributed by atoms with Crippen LogP contribution < -0.4 is 0 Å². The zero-order chi connectivity index (χ0) is 19.9. The molecule has 140 valence electrons. The Morgan fingerprint density at radius 3 is 1.69 bits per heavy atom. The minimum Gasteiger partial charge on any atom is -0.369 e. The van der Waals surface area contributed by atoms with E-state index in [1.54, 1.807) is 0 Å². The smallest absolute Gasteiger partial charge is 0.369 e. The summed E-state index contributed by atoms with van der Waals surface area (Å²) in [7, 11) is 0. The number of halogens is 8. The van der Waals surface area contributed by atoms with Crippen molar-refractivity contribution in [2.45, 2.75) is 18.0 Å². The van der Waals surface area contributed by atoms with Crippen LogP contribution in [0, 0.1) is 11.6 Å². The summed E-state index contributed by atoms with van der Waals surface area (Å²) in [6.45, 7) is 0. The van der Waals surface area contributed by atoms with Crippen molar-refractivity contribution >= 4 is 6.29 Å². The molecule has 0 saturated heterocycles. The highest BCUT2D eigenvalue weighted by molar-refractivity contribution is 5.77. The van der Waals surface area contributed by atoms with Crippen LogP contribution in [-0.4, -0.2) is 23.7 Å². The maximum Gasteiger partial charge on any atom is 0.430 e. The molecule has 0 radical (unpaired) electrons. The SMILES string of the molecule is O=Cc1ccc(-c2ccc(C(O)(C(F)(F)F)C(F)(F)F)cc2)c(F)c1F. The fourth-order valence-corrected chi connectivity index (χ4v) is 2.26. The minimum atomic E-state index is -6.06. The van der Waals surface area contributed by atoms with Crippen molar-refractivity contribution in [1.82, 2.24) is 0 Å². The van der Waals surface area contributed by atoms with Gasteiger partial charge in [-0.05, 0) is 11.6 Å². The highest BCUT2D eigenvalue weighted by Gasteiger charge is 2.71. The van der Waals surface area contributed by atoms with E-state index in [-0.39, 0.29) is 11.8 Å². The second kappa shape index (κ2) is 6.35. The number of alkyl halides is 6. The molecule has 0 amide bonds. The van der Waals surface area contributed by atoms with Crippen molar-refractivity contribution in [2.24, 2.45) is 0 Å². The van der Waals surface area contributed by atoms with Gasteiger partial charge < -0.3 is 5.11 Å². The first-order chi connectivity index (χ1) is 11.8. The molecule has 0 saturated carbocycles. The van der Waals surface area contributed by atoms with E-state index >= 15 is 0 Å². The summed E-state index contributed by atoms with van der Waals surface area (Å²) in [5, 5.41) is 9.26. The largest absolute Gasteiger partial charge is 0.430 e. The summed E-state index contributed by atoms with van der Waals surface area (Å²) >= 11 is 0. The van der Waals surface area contributed by atoms with Crippen LogP contribution in [0.2, 0.25) is 0 Å². The fourth-order valence-electron chi connectivity index (χ4n) is 2.26. The molecule has 0 aromatic heterocycles. The number of hydrogen-bond acceptors (Lipinski definition) is 2. The molecule has 0 atom stereocenters. The third kappa shape index (κ3) is 3.05. The maximum absolute atomic E-state index is 13.9. The van der Waals surface area contributed by atoms with Gasteiger partial charge in [0.25, 0.3) is 5.60 Å². The van der Waals surface area contributed by atoms with Crippen LogP contribution in [0.1, 0.15) is 15.9 Å². The van der Waals surface area contributed by atoms with Gasteiger partial charge in [0.1, 0.15) is 0 Å². The Kier molecular flexibility index (Phi) is 4.84. The molecule has 0 heterocycles. The molecule has 0 spiro atoms. The molecule has 2 rings (SSSR count). The van der Waals surface area contributed by atoms with Gasteiger partial charge >= 0.3 is 12.4 Å². The van der Waals surface area contributed by atoms with Gasteiger partial charge in [0.15, 0.2) is 17.9 Å². The van der Waals surface area contributed by atoms with Crippen LogP contribution in [0.4, 0.5) is 35.1 Å². The second-order valence-corrected chi connectivity index (χ2v) is 5.23. The van der Waals surface area contributed by atoms with Crippen molar-refractivity contribution in [3.8, 4) is 11.1 Å². The number of benzene rings is 2. The summed E-state index contributed by atoms with van der Waals surface area (Å²) < 4.78 is 104. The third-order valence-electron chi connectivity index (χ3n) is 3.67. The summed E-state index contributed by atoms with van der Waals surface area (Å²) in [6, 6.07) is 3.78. The Hall–Kier alpha value is -2.49. The summed E-state index contributed by atoms with van der Waals surface area (Å²) in [5.74, 6) is -3.01. The zero-order valence-electron chi connectivity index (χ0n) is 12.4. The molecule has 0 aliphatic rings. The van der Waals surface area contributed by atoms with Gasteiger partial charge in [-0.1, -0.05) is 30.3 Å². The lowest BCUT2D eigenvalue weighted by Gasteiger charge is -2.32. The predicted octanol–water partition coefficient (Wildman–Crippen LogP) is 4.76. The Morgan fingerprint density at radius 2 is 1.27 bits per heavy atom. The highest BCUT2D eigenvalue weighted by atomic mass is 19.4. The van der Waals surface area contributed by atoms with E-state index in [0.717, 1.165) is 12.1 Å². The van der Waals surface area contributed by atoms with Gasteiger partial charge in [0, 0.05) is 11.1 Å². The number of aldehydes is 1. The Bertz CT molecular complexity index is 808. The van der Waals surface area contributed by atoms with Gasteiger partial charge in [-0.25, -0.2) is 8.78 Å². The standard InChI is InChI=1S/C16H8F8O2/c17-12-9(7-25)3-6-11(13(12)18)8-1-4-10(5-2-8)14(26,15(19,20)21)16(22,23)24/h1-7,26H. The zero-order valence-corrected chi connectivity index (χ0v) is 12.4. The van der Waals surface area contributed by atoms with Crippen molar-refractivity contribution in [3.05, 3.63) is 59.2 Å². The van der Waals surface area contributed by atoms with Crippen molar-refractivity contribution in [3.63, 3.8) is 0 Å². The van der Waals surface area contributed by atoms with E-state index in [1.807, 2.05) is 0 Å². The number of aliphatic hydroxyl groups is 1. The molecule has 1 N–H and O–H groups in total. The van der Waals surface area contributed by atoms with Gasteiger partial charge in [0.05, 0.1) is 5.56 Å². The molecular formula is C16H8F8O2. The van der Waals surface area contributed by atoms with Crippen molar-refractivity contribution in [2.75, 3.05) is 0 Å². The van der Waals surface area contributed by atoms with Crippen molar-refractivity contribution in [1.29, 1.82) is 0 Å². The first-order valence-electron chi connectivity index (χ1n) is 6.74. The molecule has 0 aliphatic carbocycles. The second-order valence-electron chi connectivity index (χ2n) is 5.23. The van der Waals surface area contributed by atoms with Gasteiger partial charge in [-0.2, -0.15) is 26.3 Å². The van der Waals surface area contributed by atoms with E-state index in [2.05, 4.69) is 0 Å². The van der Waals surface area contributed by atoms with Crippen LogP contribution in [-0.2, 0) is 5.60 Å². The molecule has 10 heteroatoms. The molecule has 26 heavy (non-hydrogen) atoms. The molecule has 0 fully saturated rings. The monoisotopic (exact) mass is 384 g/mol. The lowest BCUT2D eigenvalue weighted by atomic mass is 9.90. The fraction of sp³-hybridized carbons (Fsp3) is 0.188. The molecule has 0 bridgehead atoms. The van der Waals surface area contributed by atoms with Crippen molar-refractivity contribution < 1.29 is 45.0 Å². The minimum absolute atomic E-state index is 0.0398. The van der Waals surface area contributed by atoms with E-state index in [1.165, 1.54) is 0 Å². The number of hydrogen-bond donors (Lipinski definition) is 1. The molecule has 0 unspecified atom stereocenters. The van der Waals surface area contributed by atoms with E-state index < -0.39 is 46.3 Å². The van der Waals surface area contributed by atoms with Crippen LogP contribution in [0.3, 0.4) is 0 Å². The molecule has 2 aromatic rings. The average molecular weight is 384 g/mol. The molecule has 2 aromatic carbocycles. The quantitative estimate of drug-likeness (QED) is 0.612. The van der Waals surface area contributed by atoms with E-state index in [4.69, 9.17) is 0 Å². The van der Waals surface area contributed by atoms with Gasteiger partial charge in [-0.3, -0.25) is 4.79 Å². The maximum atomic E-state index is 13.9. The van der Waals surface area contributed by atoms with Crippen LogP contribution in [0.15, 0.2) is 36.4 Å². The van der Waals surface area contributed by atoms with E-state index in [0.29, 0.717) is 24.3 Å². The lowest BCUT2D eigenvalue weighted by Crippen LogP contribution is -2.53. The highest BCUT2D eigenvalue weighted by Crippen LogP contribution is 2.50. The lowest BCUT2D eigenvalue weighted by molar-refractivity contribution is -0.376. The summed E-state index contributed by atoms with van der Waals surface area (Å²) in [6.07, 6.45) is -12.1. The molecule has 2 nitrogen and oxygen atoms in total. The molecular weight excluding hydrogens is 376 g/mol. The van der Waals surface area contributed by atoms with Gasteiger partial charge in [-0.15, -0.1) is 0 Å². The summed E-state index contributed by atoms with van der Waals surface area (Å²) in [5.41, 5.74) is -8.00. The Labute approximate surface area is 140 Å². The van der Waals surface area contributed by atoms with Gasteiger partial charge in [0.2, 0.25) is 0 Å². The summed E-state index contributed by atoms with van der Waals surface area (Å²) in [4.78, 5) is 10.5. The first kappa shape index (κ1) is 19.8. The molecule has 0 aliphatic heterocycles. The first-order valence-corrected chi connectivity index (χ1v) is 6.74. The van der Waals surface area contributed by atoms with E-state index in [9.17, 15) is 45.0 Å². The number of rotatable bonds is 3. The Morgan fingerprint density at radius 1 is 0.769 bits per heavy atom.